The van der Waals surface area contributed by atoms with Gasteiger partial charge in [-0.25, -0.2) is 0 Å². The molecule has 2 heteroatoms. The Hall–Kier alpha value is -1.02. The minimum atomic E-state index is 0.424. The van der Waals surface area contributed by atoms with E-state index in [0.29, 0.717) is 5.41 Å². The molecule has 19 heavy (non-hydrogen) atoms. The predicted molar refractivity (Wildman–Crippen MR) is 81.2 cm³/mol. The van der Waals surface area contributed by atoms with E-state index >= 15 is 0 Å². The predicted octanol–water partition coefficient (Wildman–Crippen LogP) is 3.56. The first-order chi connectivity index (χ1) is 9.11. The summed E-state index contributed by atoms with van der Waals surface area (Å²) in [4.78, 5) is 2.74. The number of hydrogen-bond donors (Lipinski definition) is 1. The Bertz CT molecular complexity index is 423. The quantitative estimate of drug-likeness (QED) is 0.840. The highest BCUT2D eigenvalue weighted by atomic mass is 15.2. The van der Waals surface area contributed by atoms with E-state index in [9.17, 15) is 0 Å². The van der Waals surface area contributed by atoms with Crippen LogP contribution in [0.3, 0.4) is 0 Å². The number of anilines is 1. The van der Waals surface area contributed by atoms with Crippen molar-refractivity contribution in [3.63, 3.8) is 0 Å². The van der Waals surface area contributed by atoms with Crippen molar-refractivity contribution in [2.24, 2.45) is 0 Å². The van der Waals surface area contributed by atoms with Gasteiger partial charge in [0, 0.05) is 29.7 Å². The second kappa shape index (κ2) is 4.82. The molecular formula is C17H26N2. The molecule has 0 spiro atoms. The second-order valence-electron chi connectivity index (χ2n) is 6.70. The molecule has 1 saturated carbocycles. The fraction of sp³-hybridized carbons (Fsp3) is 0.647. The van der Waals surface area contributed by atoms with Crippen LogP contribution >= 0.6 is 0 Å². The summed E-state index contributed by atoms with van der Waals surface area (Å²) in [5, 5.41) is 0. The highest BCUT2D eigenvalue weighted by Gasteiger charge is 2.46. The average molecular weight is 258 g/mol. The monoisotopic (exact) mass is 258 g/mol. The zero-order valence-electron chi connectivity index (χ0n) is 12.2. The number of piperidine rings is 1. The highest BCUT2D eigenvalue weighted by Crippen LogP contribution is 2.49. The summed E-state index contributed by atoms with van der Waals surface area (Å²) in [6.07, 6.45) is 6.80. The van der Waals surface area contributed by atoms with Crippen LogP contribution in [0.2, 0.25) is 0 Å². The van der Waals surface area contributed by atoms with Crippen molar-refractivity contribution in [2.45, 2.75) is 63.5 Å². The summed E-state index contributed by atoms with van der Waals surface area (Å²) < 4.78 is 0. The van der Waals surface area contributed by atoms with Gasteiger partial charge in [-0.2, -0.15) is 0 Å². The largest absolute Gasteiger partial charge is 0.399 e. The van der Waals surface area contributed by atoms with Gasteiger partial charge in [-0.15, -0.1) is 0 Å². The molecule has 1 heterocycles. The zero-order chi connectivity index (χ0) is 13.5. The summed E-state index contributed by atoms with van der Waals surface area (Å²) in [6, 6.07) is 10.1. The molecule has 0 amide bonds. The molecule has 2 fully saturated rings. The molecule has 0 aromatic heterocycles. The Morgan fingerprint density at radius 3 is 2.21 bits per heavy atom. The fourth-order valence-corrected chi connectivity index (χ4v) is 3.66. The van der Waals surface area contributed by atoms with Crippen LogP contribution in [0, 0.1) is 0 Å². The minimum Gasteiger partial charge on any atom is -0.399 e. The number of likely N-dealkylation sites (tertiary alicyclic amines) is 1. The van der Waals surface area contributed by atoms with Crippen molar-refractivity contribution in [1.82, 2.24) is 4.90 Å². The van der Waals surface area contributed by atoms with E-state index in [0.717, 1.165) is 17.8 Å². The van der Waals surface area contributed by atoms with Crippen molar-refractivity contribution in [3.05, 3.63) is 29.8 Å². The molecule has 0 unspecified atom stereocenters. The molecule has 1 aliphatic heterocycles. The van der Waals surface area contributed by atoms with Crippen molar-refractivity contribution >= 4 is 5.69 Å². The average Bonchev–Trinajstić information content (AvgIpc) is 3.16. The van der Waals surface area contributed by atoms with Gasteiger partial charge in [0.15, 0.2) is 0 Å². The minimum absolute atomic E-state index is 0.424. The van der Waals surface area contributed by atoms with Crippen LogP contribution in [-0.4, -0.2) is 23.5 Å². The van der Waals surface area contributed by atoms with Crippen LogP contribution in [0.25, 0.3) is 0 Å². The third kappa shape index (κ3) is 2.51. The van der Waals surface area contributed by atoms with Gasteiger partial charge in [0.05, 0.1) is 0 Å². The Kier molecular flexibility index (Phi) is 3.30. The maximum atomic E-state index is 5.81. The highest BCUT2D eigenvalue weighted by molar-refractivity contribution is 5.43. The maximum Gasteiger partial charge on any atom is 0.0314 e. The van der Waals surface area contributed by atoms with Crippen molar-refractivity contribution in [2.75, 3.05) is 12.3 Å². The Labute approximate surface area is 117 Å². The number of rotatable bonds is 3. The molecule has 0 radical (unpaired) electrons. The molecule has 0 bridgehead atoms. The lowest BCUT2D eigenvalue weighted by molar-refractivity contribution is 0.0917. The first-order valence-electron chi connectivity index (χ1n) is 7.72. The number of benzene rings is 1. The van der Waals surface area contributed by atoms with Crippen LogP contribution in [0.1, 0.15) is 51.5 Å². The van der Waals surface area contributed by atoms with Crippen LogP contribution in [-0.2, 0) is 5.41 Å². The summed E-state index contributed by atoms with van der Waals surface area (Å²) in [7, 11) is 0. The number of nitrogens with two attached hydrogens (primary N) is 1. The fourth-order valence-electron chi connectivity index (χ4n) is 3.66. The SMILES string of the molecule is C[C@@H]1CCC[C@H](C)N1CC1(c2ccc(N)cc2)CC1. The van der Waals surface area contributed by atoms with Crippen LogP contribution in [0.15, 0.2) is 24.3 Å². The summed E-state index contributed by atoms with van der Waals surface area (Å²) in [5.41, 5.74) is 8.60. The van der Waals surface area contributed by atoms with Crippen LogP contribution in [0.4, 0.5) is 5.69 Å². The van der Waals surface area contributed by atoms with Gasteiger partial charge >= 0.3 is 0 Å². The van der Waals surface area contributed by atoms with Gasteiger partial charge in [0.25, 0.3) is 0 Å². The van der Waals surface area contributed by atoms with E-state index in [1.807, 2.05) is 0 Å². The molecule has 2 atom stereocenters. The van der Waals surface area contributed by atoms with Gasteiger partial charge in [0.1, 0.15) is 0 Å². The molecule has 1 aromatic carbocycles. The number of nitrogen functional groups attached to an aromatic ring is 1. The van der Waals surface area contributed by atoms with Gasteiger partial charge in [-0.05, 0) is 57.2 Å². The molecule has 1 saturated heterocycles. The van der Waals surface area contributed by atoms with E-state index in [4.69, 9.17) is 5.73 Å². The lowest BCUT2D eigenvalue weighted by atomic mass is 9.90. The van der Waals surface area contributed by atoms with E-state index < -0.39 is 0 Å². The lowest BCUT2D eigenvalue weighted by Crippen LogP contribution is -2.47. The summed E-state index contributed by atoms with van der Waals surface area (Å²) in [6.45, 7) is 6.03. The Morgan fingerprint density at radius 2 is 1.68 bits per heavy atom. The van der Waals surface area contributed by atoms with E-state index in [1.54, 1.807) is 0 Å². The second-order valence-corrected chi connectivity index (χ2v) is 6.70. The van der Waals surface area contributed by atoms with E-state index in [1.165, 1.54) is 44.2 Å². The Morgan fingerprint density at radius 1 is 1.11 bits per heavy atom. The number of hydrogen-bond acceptors (Lipinski definition) is 2. The standard InChI is InChI=1S/C17H26N2/c1-13-4-3-5-14(2)19(13)12-17(10-11-17)15-6-8-16(18)9-7-15/h6-9,13-14H,3-5,10-12,18H2,1-2H3/t13-,14+. The third-order valence-electron chi connectivity index (χ3n) is 5.24. The molecule has 2 nitrogen and oxygen atoms in total. The van der Waals surface area contributed by atoms with Crippen molar-refractivity contribution in [1.29, 1.82) is 0 Å². The molecule has 1 aliphatic carbocycles. The molecule has 3 rings (SSSR count). The molecular weight excluding hydrogens is 232 g/mol. The third-order valence-corrected chi connectivity index (χ3v) is 5.24. The topological polar surface area (TPSA) is 29.3 Å². The first-order valence-corrected chi connectivity index (χ1v) is 7.72. The lowest BCUT2D eigenvalue weighted by Gasteiger charge is -2.41. The molecule has 1 aromatic rings. The van der Waals surface area contributed by atoms with Crippen LogP contribution < -0.4 is 5.73 Å². The van der Waals surface area contributed by atoms with Gasteiger partial charge < -0.3 is 5.73 Å². The Balaban J connectivity index is 1.76. The molecule has 2 aliphatic rings. The van der Waals surface area contributed by atoms with Crippen LogP contribution in [0.5, 0.6) is 0 Å². The summed E-state index contributed by atoms with van der Waals surface area (Å²) >= 11 is 0. The van der Waals surface area contributed by atoms with E-state index in [-0.39, 0.29) is 0 Å². The molecule has 2 N–H and O–H groups in total. The van der Waals surface area contributed by atoms with Gasteiger partial charge in [0.2, 0.25) is 0 Å². The first kappa shape index (κ1) is 13.0. The summed E-state index contributed by atoms with van der Waals surface area (Å²) in [5.74, 6) is 0. The smallest absolute Gasteiger partial charge is 0.0314 e. The number of nitrogens with zero attached hydrogens (tertiary/aromatic N) is 1. The molecule has 104 valence electrons. The normalized spacial score (nSPS) is 30.2. The van der Waals surface area contributed by atoms with Gasteiger partial charge in [-0.1, -0.05) is 18.6 Å². The zero-order valence-corrected chi connectivity index (χ0v) is 12.2. The van der Waals surface area contributed by atoms with Gasteiger partial charge in [-0.3, -0.25) is 4.90 Å². The van der Waals surface area contributed by atoms with Crippen molar-refractivity contribution in [3.8, 4) is 0 Å². The van der Waals surface area contributed by atoms with Crippen molar-refractivity contribution < 1.29 is 0 Å². The maximum absolute atomic E-state index is 5.81. The van der Waals surface area contributed by atoms with E-state index in [2.05, 4.69) is 43.0 Å².